The summed E-state index contributed by atoms with van der Waals surface area (Å²) in [4.78, 5) is 14.9. The van der Waals surface area contributed by atoms with Crippen LogP contribution >= 0.6 is 0 Å². The SMILES string of the molecule is COC(=O)Cc1cc(C#N)ncc1OC. The molecule has 0 radical (unpaired) electrons. The lowest BCUT2D eigenvalue weighted by Gasteiger charge is -2.06. The number of aromatic nitrogens is 1. The smallest absolute Gasteiger partial charge is 0.310 e. The maximum atomic E-state index is 11.1. The van der Waals surface area contributed by atoms with E-state index in [1.165, 1.54) is 26.5 Å². The molecule has 1 aromatic rings. The highest BCUT2D eigenvalue weighted by molar-refractivity contribution is 5.73. The lowest BCUT2D eigenvalue weighted by atomic mass is 10.1. The molecular weight excluding hydrogens is 196 g/mol. The fraction of sp³-hybridized carbons (Fsp3) is 0.300. The molecule has 0 atom stereocenters. The number of nitrogens with zero attached hydrogens (tertiary/aromatic N) is 2. The number of hydrogen-bond donors (Lipinski definition) is 0. The van der Waals surface area contributed by atoms with Gasteiger partial charge in [-0.25, -0.2) is 4.98 Å². The van der Waals surface area contributed by atoms with E-state index in [0.717, 1.165) is 0 Å². The summed E-state index contributed by atoms with van der Waals surface area (Å²) in [5.74, 6) is 0.0859. The van der Waals surface area contributed by atoms with Crippen LogP contribution in [0.3, 0.4) is 0 Å². The van der Waals surface area contributed by atoms with Crippen LogP contribution < -0.4 is 4.74 Å². The number of pyridine rings is 1. The van der Waals surface area contributed by atoms with Gasteiger partial charge in [0.1, 0.15) is 17.5 Å². The Bertz CT molecular complexity index is 410. The Morgan fingerprint density at radius 3 is 2.87 bits per heavy atom. The summed E-state index contributed by atoms with van der Waals surface area (Å²) in [7, 11) is 2.78. The first-order valence-electron chi connectivity index (χ1n) is 4.21. The topological polar surface area (TPSA) is 72.2 Å². The summed E-state index contributed by atoms with van der Waals surface area (Å²) in [5, 5.41) is 8.65. The zero-order valence-electron chi connectivity index (χ0n) is 8.48. The predicted molar refractivity (Wildman–Crippen MR) is 51.2 cm³/mol. The average Bonchev–Trinajstić information content (AvgIpc) is 2.28. The summed E-state index contributed by atoms with van der Waals surface area (Å²) in [6.07, 6.45) is 1.48. The highest BCUT2D eigenvalue weighted by Gasteiger charge is 2.10. The number of hydrogen-bond acceptors (Lipinski definition) is 5. The first-order chi connectivity index (χ1) is 7.21. The van der Waals surface area contributed by atoms with Crippen molar-refractivity contribution < 1.29 is 14.3 Å². The number of methoxy groups -OCH3 is 2. The van der Waals surface area contributed by atoms with Gasteiger partial charge < -0.3 is 9.47 Å². The van der Waals surface area contributed by atoms with Crippen molar-refractivity contribution in [2.45, 2.75) is 6.42 Å². The molecule has 0 saturated heterocycles. The Labute approximate surface area is 87.3 Å². The molecule has 0 spiro atoms. The molecule has 0 amide bonds. The molecule has 0 saturated carbocycles. The van der Waals surface area contributed by atoms with E-state index in [1.807, 2.05) is 6.07 Å². The van der Waals surface area contributed by atoms with Crippen LogP contribution in [0, 0.1) is 11.3 Å². The molecule has 0 aliphatic carbocycles. The monoisotopic (exact) mass is 206 g/mol. The lowest BCUT2D eigenvalue weighted by molar-refractivity contribution is -0.139. The van der Waals surface area contributed by atoms with Gasteiger partial charge in [0.2, 0.25) is 0 Å². The van der Waals surface area contributed by atoms with Gasteiger partial charge in [-0.1, -0.05) is 0 Å². The first kappa shape index (κ1) is 11.0. The van der Waals surface area contributed by atoms with Crippen LogP contribution in [0.25, 0.3) is 0 Å². The lowest BCUT2D eigenvalue weighted by Crippen LogP contribution is -2.06. The van der Waals surface area contributed by atoms with E-state index in [4.69, 9.17) is 10.00 Å². The molecule has 0 aliphatic heterocycles. The Kier molecular flexibility index (Phi) is 3.63. The molecular formula is C10H10N2O3. The van der Waals surface area contributed by atoms with Gasteiger partial charge in [0, 0.05) is 5.56 Å². The van der Waals surface area contributed by atoms with Gasteiger partial charge >= 0.3 is 5.97 Å². The van der Waals surface area contributed by atoms with Crippen molar-refractivity contribution in [3.63, 3.8) is 0 Å². The van der Waals surface area contributed by atoms with E-state index >= 15 is 0 Å². The second-order valence-electron chi connectivity index (χ2n) is 2.75. The zero-order valence-corrected chi connectivity index (χ0v) is 8.48. The van der Waals surface area contributed by atoms with Gasteiger partial charge in [-0.15, -0.1) is 0 Å². The van der Waals surface area contributed by atoms with Crippen molar-refractivity contribution in [3.8, 4) is 11.8 Å². The van der Waals surface area contributed by atoms with Crippen LogP contribution in [0.4, 0.5) is 0 Å². The second kappa shape index (κ2) is 4.96. The molecule has 15 heavy (non-hydrogen) atoms. The number of nitriles is 1. The summed E-state index contributed by atoms with van der Waals surface area (Å²) >= 11 is 0. The molecule has 78 valence electrons. The molecule has 0 bridgehead atoms. The van der Waals surface area contributed by atoms with E-state index in [0.29, 0.717) is 11.3 Å². The minimum Gasteiger partial charge on any atom is -0.495 e. The third-order valence-corrected chi connectivity index (χ3v) is 1.85. The van der Waals surface area contributed by atoms with E-state index in [1.54, 1.807) is 0 Å². The van der Waals surface area contributed by atoms with Crippen molar-refractivity contribution >= 4 is 5.97 Å². The Balaban J connectivity index is 3.02. The zero-order chi connectivity index (χ0) is 11.3. The van der Waals surface area contributed by atoms with Crippen LogP contribution in [0.15, 0.2) is 12.3 Å². The molecule has 0 N–H and O–H groups in total. The minimum absolute atomic E-state index is 0.0663. The molecule has 0 aliphatic rings. The van der Waals surface area contributed by atoms with Crippen molar-refractivity contribution in [3.05, 3.63) is 23.5 Å². The van der Waals surface area contributed by atoms with Gasteiger partial charge in [-0.3, -0.25) is 4.79 Å². The molecule has 5 nitrogen and oxygen atoms in total. The number of carbonyl (C=O) groups excluding carboxylic acids is 1. The number of esters is 1. The number of rotatable bonds is 3. The highest BCUT2D eigenvalue weighted by Crippen LogP contribution is 2.18. The van der Waals surface area contributed by atoms with Crippen molar-refractivity contribution in [1.82, 2.24) is 4.98 Å². The van der Waals surface area contributed by atoms with E-state index in [2.05, 4.69) is 9.72 Å². The summed E-state index contributed by atoms with van der Waals surface area (Å²) < 4.78 is 9.54. The van der Waals surface area contributed by atoms with Gasteiger partial charge in [-0.2, -0.15) is 5.26 Å². The number of ether oxygens (including phenoxy) is 2. The van der Waals surface area contributed by atoms with Crippen molar-refractivity contribution in [1.29, 1.82) is 5.26 Å². The third kappa shape index (κ3) is 2.68. The van der Waals surface area contributed by atoms with Crippen molar-refractivity contribution in [2.75, 3.05) is 14.2 Å². The Hall–Kier alpha value is -2.09. The summed E-state index contributed by atoms with van der Waals surface area (Å²) in [5.41, 5.74) is 0.839. The maximum Gasteiger partial charge on any atom is 0.310 e. The largest absolute Gasteiger partial charge is 0.495 e. The Morgan fingerprint density at radius 2 is 2.33 bits per heavy atom. The average molecular weight is 206 g/mol. The van der Waals surface area contributed by atoms with Crippen LogP contribution in [-0.2, 0) is 16.0 Å². The van der Waals surface area contributed by atoms with E-state index in [9.17, 15) is 4.79 Å². The van der Waals surface area contributed by atoms with Gasteiger partial charge in [0.05, 0.1) is 26.8 Å². The first-order valence-corrected chi connectivity index (χ1v) is 4.21. The predicted octanol–water partition coefficient (Wildman–Crippen LogP) is 0.677. The van der Waals surface area contributed by atoms with Gasteiger partial charge in [-0.05, 0) is 6.07 Å². The Morgan fingerprint density at radius 1 is 1.60 bits per heavy atom. The van der Waals surface area contributed by atoms with Crippen LogP contribution in [0.2, 0.25) is 0 Å². The fourth-order valence-electron chi connectivity index (χ4n) is 1.10. The van der Waals surface area contributed by atoms with E-state index < -0.39 is 0 Å². The third-order valence-electron chi connectivity index (χ3n) is 1.85. The minimum atomic E-state index is -0.386. The second-order valence-corrected chi connectivity index (χ2v) is 2.75. The molecule has 5 heteroatoms. The molecule has 0 aromatic carbocycles. The molecule has 1 rings (SSSR count). The number of carbonyl (C=O) groups is 1. The maximum absolute atomic E-state index is 11.1. The summed E-state index contributed by atoms with van der Waals surface area (Å²) in [6, 6.07) is 3.40. The van der Waals surface area contributed by atoms with Crippen LogP contribution in [-0.4, -0.2) is 25.2 Å². The van der Waals surface area contributed by atoms with Gasteiger partial charge in [0.25, 0.3) is 0 Å². The summed E-state index contributed by atoms with van der Waals surface area (Å²) in [6.45, 7) is 0. The molecule has 0 unspecified atom stereocenters. The highest BCUT2D eigenvalue weighted by atomic mass is 16.5. The molecule has 1 aromatic heterocycles. The fourth-order valence-corrected chi connectivity index (χ4v) is 1.10. The molecule has 0 fully saturated rings. The quantitative estimate of drug-likeness (QED) is 0.680. The normalized spacial score (nSPS) is 9.13. The molecule has 1 heterocycles. The van der Waals surface area contributed by atoms with Crippen molar-refractivity contribution in [2.24, 2.45) is 0 Å². The van der Waals surface area contributed by atoms with Crippen LogP contribution in [0.1, 0.15) is 11.3 Å². The van der Waals surface area contributed by atoms with Gasteiger partial charge in [0.15, 0.2) is 0 Å². The van der Waals surface area contributed by atoms with E-state index in [-0.39, 0.29) is 18.1 Å². The standard InChI is InChI=1S/C10H10N2O3/c1-14-9-6-12-8(5-11)3-7(9)4-10(13)15-2/h3,6H,4H2,1-2H3. The van der Waals surface area contributed by atoms with Crippen LogP contribution in [0.5, 0.6) is 5.75 Å².